The van der Waals surface area contributed by atoms with Crippen LogP contribution in [0.4, 0.5) is 5.82 Å². The highest BCUT2D eigenvalue weighted by molar-refractivity contribution is 7.26. The molecule has 0 atom stereocenters. The Hall–Kier alpha value is -2.86. The van der Waals surface area contributed by atoms with Gasteiger partial charge in [0.15, 0.2) is 0 Å². The molecule has 0 aliphatic rings. The average Bonchev–Trinajstić information content (AvgIpc) is 3.00. The van der Waals surface area contributed by atoms with Crippen LogP contribution in [-0.2, 0) is 0 Å². The highest BCUT2D eigenvalue weighted by atomic mass is 32.1. The molecule has 0 saturated carbocycles. The van der Waals surface area contributed by atoms with E-state index in [1.165, 1.54) is 6.33 Å². The van der Waals surface area contributed by atoms with Crippen molar-refractivity contribution >= 4 is 37.5 Å². The number of nitrogens with zero attached hydrogens (tertiary/aromatic N) is 2. The summed E-state index contributed by atoms with van der Waals surface area (Å²) in [5.74, 6) is 2.06. The van der Waals surface area contributed by atoms with Gasteiger partial charge in [0.05, 0.1) is 24.4 Å². The van der Waals surface area contributed by atoms with Crippen molar-refractivity contribution in [3.63, 3.8) is 0 Å². The minimum atomic E-state index is 0.518. The number of nitrogens with two attached hydrogens (primary N) is 1. The van der Waals surface area contributed by atoms with Crippen LogP contribution < -0.4 is 15.2 Å². The lowest BCUT2D eigenvalue weighted by molar-refractivity contribution is 0.395. The molecule has 0 bridgehead atoms. The number of benzene rings is 2. The first kappa shape index (κ1) is 14.7. The fraction of sp³-hybridized carbons (Fsp3) is 0.111. The predicted molar refractivity (Wildman–Crippen MR) is 97.9 cm³/mol. The molecule has 4 aromatic rings. The first-order chi connectivity index (χ1) is 11.7. The third-order valence-corrected chi connectivity index (χ3v) is 5.16. The van der Waals surface area contributed by atoms with E-state index in [0.717, 1.165) is 42.9 Å². The Labute approximate surface area is 142 Å². The Morgan fingerprint density at radius 3 is 2.67 bits per heavy atom. The lowest BCUT2D eigenvalue weighted by Crippen LogP contribution is -1.90. The van der Waals surface area contributed by atoms with Crippen molar-refractivity contribution in [1.29, 1.82) is 0 Å². The van der Waals surface area contributed by atoms with Gasteiger partial charge in [0.25, 0.3) is 0 Å². The predicted octanol–water partition coefficient (Wildman–Crippen LogP) is 4.11. The lowest BCUT2D eigenvalue weighted by Gasteiger charge is -2.10. The minimum absolute atomic E-state index is 0.518. The molecule has 2 N–H and O–H groups in total. The Bertz CT molecular complexity index is 1060. The van der Waals surface area contributed by atoms with E-state index in [9.17, 15) is 0 Å². The topological polar surface area (TPSA) is 70.3 Å². The lowest BCUT2D eigenvalue weighted by atomic mass is 10.0. The van der Waals surface area contributed by atoms with Gasteiger partial charge in [0.2, 0.25) is 0 Å². The molecule has 0 fully saturated rings. The van der Waals surface area contributed by atoms with E-state index in [-0.39, 0.29) is 0 Å². The number of aromatic nitrogens is 2. The molecule has 0 radical (unpaired) electrons. The smallest absolute Gasteiger partial charge is 0.144 e. The molecule has 6 heteroatoms. The third kappa shape index (κ3) is 2.23. The van der Waals surface area contributed by atoms with Gasteiger partial charge in [-0.15, -0.1) is 11.3 Å². The molecule has 0 unspecified atom stereocenters. The molecule has 4 rings (SSSR count). The molecule has 2 aromatic heterocycles. The molecule has 24 heavy (non-hydrogen) atoms. The van der Waals surface area contributed by atoms with Crippen LogP contribution in [0.2, 0.25) is 0 Å². The zero-order valence-corrected chi connectivity index (χ0v) is 14.1. The van der Waals surface area contributed by atoms with Crippen LogP contribution >= 0.6 is 11.3 Å². The van der Waals surface area contributed by atoms with Crippen molar-refractivity contribution in [3.05, 3.63) is 42.7 Å². The monoisotopic (exact) mass is 337 g/mol. The molecule has 2 heterocycles. The fourth-order valence-corrected chi connectivity index (χ4v) is 3.89. The summed E-state index contributed by atoms with van der Waals surface area (Å²) in [5, 5.41) is 1.08. The molecule has 0 aliphatic carbocycles. The van der Waals surface area contributed by atoms with E-state index in [0.29, 0.717) is 5.82 Å². The maximum Gasteiger partial charge on any atom is 0.144 e. The molecule has 0 saturated heterocycles. The highest BCUT2D eigenvalue weighted by Crippen LogP contribution is 2.39. The first-order valence-corrected chi connectivity index (χ1v) is 8.18. The summed E-state index contributed by atoms with van der Waals surface area (Å²) in [6, 6.07) is 12.1. The number of methoxy groups -OCH3 is 2. The van der Waals surface area contributed by atoms with Crippen molar-refractivity contribution in [3.8, 4) is 22.6 Å². The minimum Gasteiger partial charge on any atom is -0.497 e. The van der Waals surface area contributed by atoms with Crippen LogP contribution in [0.3, 0.4) is 0 Å². The quantitative estimate of drug-likeness (QED) is 0.609. The molecule has 2 aromatic carbocycles. The van der Waals surface area contributed by atoms with E-state index in [1.807, 2.05) is 18.2 Å². The first-order valence-electron chi connectivity index (χ1n) is 7.36. The Morgan fingerprint density at radius 1 is 1.00 bits per heavy atom. The number of anilines is 1. The number of fused-ring (bicyclic) bond motifs is 3. The second-order valence-electron chi connectivity index (χ2n) is 5.32. The largest absolute Gasteiger partial charge is 0.497 e. The SMILES string of the molecule is COc1ccc(-c2ccc3c(c2)sc2c(N)ncnc23)c(OC)c1. The third-order valence-electron chi connectivity index (χ3n) is 4.00. The number of hydrogen-bond acceptors (Lipinski definition) is 6. The molecule has 5 nitrogen and oxygen atoms in total. The maximum absolute atomic E-state index is 5.97. The van der Waals surface area contributed by atoms with Crippen LogP contribution in [-0.4, -0.2) is 24.2 Å². The summed E-state index contributed by atoms with van der Waals surface area (Å²) in [6.45, 7) is 0. The van der Waals surface area contributed by atoms with Gasteiger partial charge in [-0.05, 0) is 23.8 Å². The van der Waals surface area contributed by atoms with Crippen molar-refractivity contribution in [2.24, 2.45) is 0 Å². The molecule has 0 amide bonds. The molecule has 0 spiro atoms. The van der Waals surface area contributed by atoms with Gasteiger partial charge in [0.1, 0.15) is 23.6 Å². The Morgan fingerprint density at radius 2 is 1.88 bits per heavy atom. The molecular formula is C18H15N3O2S. The Balaban J connectivity index is 1.92. The average molecular weight is 337 g/mol. The van der Waals surface area contributed by atoms with Gasteiger partial charge < -0.3 is 15.2 Å². The second kappa shape index (κ2) is 5.65. The fourth-order valence-electron chi connectivity index (χ4n) is 2.80. The number of nitrogen functional groups attached to an aromatic ring is 1. The molecule has 0 aliphatic heterocycles. The summed E-state index contributed by atoms with van der Waals surface area (Å²) in [5.41, 5.74) is 8.95. The van der Waals surface area contributed by atoms with Crippen LogP contribution in [0.5, 0.6) is 11.5 Å². The van der Waals surface area contributed by atoms with Gasteiger partial charge in [-0.1, -0.05) is 12.1 Å². The second-order valence-corrected chi connectivity index (χ2v) is 6.37. The summed E-state index contributed by atoms with van der Waals surface area (Å²) in [4.78, 5) is 8.44. The summed E-state index contributed by atoms with van der Waals surface area (Å²) in [7, 11) is 3.30. The van der Waals surface area contributed by atoms with Gasteiger partial charge >= 0.3 is 0 Å². The number of hydrogen-bond donors (Lipinski definition) is 1. The molecule has 120 valence electrons. The van der Waals surface area contributed by atoms with Crippen molar-refractivity contribution < 1.29 is 9.47 Å². The zero-order chi connectivity index (χ0) is 16.7. The Kier molecular flexibility index (Phi) is 3.46. The normalized spacial score (nSPS) is 11.1. The van der Waals surface area contributed by atoms with Gasteiger partial charge in [-0.2, -0.15) is 0 Å². The summed E-state index contributed by atoms with van der Waals surface area (Å²) in [6.07, 6.45) is 1.50. The van der Waals surface area contributed by atoms with Crippen LogP contribution in [0, 0.1) is 0 Å². The van der Waals surface area contributed by atoms with E-state index in [2.05, 4.69) is 28.2 Å². The zero-order valence-electron chi connectivity index (χ0n) is 13.2. The van der Waals surface area contributed by atoms with E-state index in [1.54, 1.807) is 25.6 Å². The van der Waals surface area contributed by atoms with E-state index < -0.39 is 0 Å². The number of rotatable bonds is 3. The van der Waals surface area contributed by atoms with Gasteiger partial charge in [-0.25, -0.2) is 9.97 Å². The van der Waals surface area contributed by atoms with E-state index in [4.69, 9.17) is 15.2 Å². The number of thiophene rings is 1. The van der Waals surface area contributed by atoms with Crippen LogP contribution in [0.15, 0.2) is 42.7 Å². The summed E-state index contributed by atoms with van der Waals surface area (Å²) < 4.78 is 12.8. The van der Waals surface area contributed by atoms with Crippen molar-refractivity contribution in [2.75, 3.05) is 20.0 Å². The maximum atomic E-state index is 5.97. The van der Waals surface area contributed by atoms with Gasteiger partial charge in [0, 0.05) is 21.7 Å². The van der Waals surface area contributed by atoms with Crippen LogP contribution in [0.25, 0.3) is 31.4 Å². The van der Waals surface area contributed by atoms with Crippen molar-refractivity contribution in [1.82, 2.24) is 9.97 Å². The molecular weight excluding hydrogens is 322 g/mol. The number of ether oxygens (including phenoxy) is 2. The van der Waals surface area contributed by atoms with Crippen molar-refractivity contribution in [2.45, 2.75) is 0 Å². The standard InChI is InChI=1S/C18H15N3O2S/c1-22-11-4-6-12(14(8-11)23-2)10-3-5-13-15(7-10)24-17-16(13)20-9-21-18(17)19/h3-9H,1-2H3,(H2,19,20,21). The van der Waals surface area contributed by atoms with Gasteiger partial charge in [-0.3, -0.25) is 0 Å². The van der Waals surface area contributed by atoms with Crippen LogP contribution in [0.1, 0.15) is 0 Å². The highest BCUT2D eigenvalue weighted by Gasteiger charge is 2.12. The van der Waals surface area contributed by atoms with E-state index >= 15 is 0 Å². The summed E-state index contributed by atoms with van der Waals surface area (Å²) >= 11 is 1.60.